The third-order valence-electron chi connectivity index (χ3n) is 1.66. The molecule has 0 saturated carbocycles. The van der Waals surface area contributed by atoms with Crippen molar-refractivity contribution in [3.05, 3.63) is 29.3 Å². The van der Waals surface area contributed by atoms with Gasteiger partial charge in [-0.1, -0.05) is 0 Å². The minimum atomic E-state index is -4.49. The number of hydrogen-bond acceptors (Lipinski definition) is 2. The van der Waals surface area contributed by atoms with Crippen molar-refractivity contribution in [2.24, 2.45) is 0 Å². The third-order valence-corrected chi connectivity index (χ3v) is 1.66. The zero-order valence-electron chi connectivity index (χ0n) is 6.97. The lowest BCUT2D eigenvalue weighted by atomic mass is 10.0. The summed E-state index contributed by atoms with van der Waals surface area (Å²) in [5.41, 5.74) is -1.09. The van der Waals surface area contributed by atoms with Gasteiger partial charge in [-0.3, -0.25) is 0 Å². The average Bonchev–Trinajstić information content (AvgIpc) is 2.02. The number of aromatic hydroxyl groups is 1. The van der Waals surface area contributed by atoms with Crippen molar-refractivity contribution in [1.82, 2.24) is 0 Å². The first-order valence-corrected chi connectivity index (χ1v) is 3.71. The number of phenols is 1. The summed E-state index contributed by atoms with van der Waals surface area (Å²) in [6.45, 7) is 0. The Morgan fingerprint density at radius 2 is 2.00 bits per heavy atom. The van der Waals surface area contributed by atoms with Crippen LogP contribution in [0.5, 0.6) is 5.75 Å². The number of hydrogen-bond donors (Lipinski definition) is 1. The number of phenolic OH excluding ortho intramolecular Hbond substituents is 1. The van der Waals surface area contributed by atoms with Gasteiger partial charge in [0.2, 0.25) is 0 Å². The first-order chi connectivity index (χ1) is 6.45. The second-order valence-electron chi connectivity index (χ2n) is 2.67. The zero-order chi connectivity index (χ0) is 10.8. The zero-order valence-corrected chi connectivity index (χ0v) is 6.97. The molecule has 0 aliphatic heterocycles. The summed E-state index contributed by atoms with van der Waals surface area (Å²) in [6, 6.07) is 4.28. The normalized spacial score (nSPS) is 11.0. The second kappa shape index (κ2) is 3.58. The quantitative estimate of drug-likeness (QED) is 0.758. The maximum Gasteiger partial charge on any atom is 0.416 e. The van der Waals surface area contributed by atoms with Gasteiger partial charge in [0, 0.05) is 0 Å². The smallest absolute Gasteiger partial charge is 0.416 e. The van der Waals surface area contributed by atoms with Crippen LogP contribution in [0.3, 0.4) is 0 Å². The average molecular weight is 201 g/mol. The minimum absolute atomic E-state index is 0.208. The van der Waals surface area contributed by atoms with Gasteiger partial charge in [0.05, 0.1) is 18.1 Å². The van der Waals surface area contributed by atoms with Crippen LogP contribution in [-0.4, -0.2) is 5.11 Å². The molecule has 0 aliphatic carbocycles. The largest absolute Gasteiger partial charge is 0.508 e. The Balaban J connectivity index is 3.23. The fraction of sp³-hybridized carbons (Fsp3) is 0.222. The summed E-state index contributed by atoms with van der Waals surface area (Å²) in [5, 5.41) is 17.3. The lowest BCUT2D eigenvalue weighted by molar-refractivity contribution is -0.138. The van der Waals surface area contributed by atoms with Crippen molar-refractivity contribution in [3.63, 3.8) is 0 Å². The molecule has 1 aromatic rings. The summed E-state index contributed by atoms with van der Waals surface area (Å²) in [7, 11) is 0. The molecule has 0 fully saturated rings. The fourth-order valence-corrected chi connectivity index (χ4v) is 1.09. The van der Waals surface area contributed by atoms with Crippen LogP contribution in [0.25, 0.3) is 0 Å². The maximum atomic E-state index is 12.3. The first-order valence-electron chi connectivity index (χ1n) is 3.71. The fourth-order valence-electron chi connectivity index (χ4n) is 1.09. The monoisotopic (exact) mass is 201 g/mol. The summed E-state index contributed by atoms with van der Waals surface area (Å²) in [5.74, 6) is -0.275. The van der Waals surface area contributed by atoms with Crippen LogP contribution in [0, 0.1) is 11.3 Å². The molecule has 0 amide bonds. The predicted molar refractivity (Wildman–Crippen MR) is 42.4 cm³/mol. The Morgan fingerprint density at radius 1 is 1.36 bits per heavy atom. The van der Waals surface area contributed by atoms with Crippen LogP contribution in [0.15, 0.2) is 18.2 Å². The minimum Gasteiger partial charge on any atom is -0.508 e. The molecule has 0 bridgehead atoms. The molecule has 0 radical (unpaired) electrons. The molecule has 14 heavy (non-hydrogen) atoms. The number of benzene rings is 1. The van der Waals surface area contributed by atoms with Gasteiger partial charge in [-0.2, -0.15) is 18.4 Å². The summed E-state index contributed by atoms with van der Waals surface area (Å²) in [4.78, 5) is 0. The van der Waals surface area contributed by atoms with Crippen molar-refractivity contribution >= 4 is 0 Å². The predicted octanol–water partition coefficient (Wildman–Crippen LogP) is 2.48. The SMILES string of the molecule is N#CCc1cc(O)ccc1C(F)(F)F. The van der Waals surface area contributed by atoms with Crippen molar-refractivity contribution in [1.29, 1.82) is 5.26 Å². The van der Waals surface area contributed by atoms with Gasteiger partial charge in [0.1, 0.15) is 5.75 Å². The van der Waals surface area contributed by atoms with E-state index in [1.807, 2.05) is 0 Å². The Hall–Kier alpha value is -1.70. The molecule has 0 unspecified atom stereocenters. The van der Waals surface area contributed by atoms with Crippen molar-refractivity contribution in [3.8, 4) is 11.8 Å². The van der Waals surface area contributed by atoms with E-state index in [4.69, 9.17) is 10.4 Å². The van der Waals surface area contributed by atoms with Crippen LogP contribution in [0.1, 0.15) is 11.1 Å². The van der Waals surface area contributed by atoms with Crippen molar-refractivity contribution in [2.75, 3.05) is 0 Å². The number of halogens is 3. The van der Waals surface area contributed by atoms with Crippen LogP contribution in [0.2, 0.25) is 0 Å². The van der Waals surface area contributed by atoms with Crippen molar-refractivity contribution < 1.29 is 18.3 Å². The van der Waals surface area contributed by atoms with Gasteiger partial charge in [-0.05, 0) is 23.8 Å². The van der Waals surface area contributed by atoms with Crippen LogP contribution in [-0.2, 0) is 12.6 Å². The molecule has 0 spiro atoms. The van der Waals surface area contributed by atoms with Gasteiger partial charge in [0.15, 0.2) is 0 Å². The Morgan fingerprint density at radius 3 is 2.50 bits per heavy atom. The van der Waals surface area contributed by atoms with E-state index >= 15 is 0 Å². The van der Waals surface area contributed by atoms with Gasteiger partial charge < -0.3 is 5.11 Å². The number of rotatable bonds is 1. The Bertz CT molecular complexity index is 379. The van der Waals surface area contributed by atoms with E-state index < -0.39 is 11.7 Å². The molecule has 1 N–H and O–H groups in total. The molecule has 1 rings (SSSR count). The van der Waals surface area contributed by atoms with E-state index in [0.29, 0.717) is 0 Å². The van der Waals surface area contributed by atoms with Gasteiger partial charge in [-0.15, -0.1) is 0 Å². The van der Waals surface area contributed by atoms with E-state index in [9.17, 15) is 13.2 Å². The molecule has 0 aromatic heterocycles. The molecule has 1 aromatic carbocycles. The highest BCUT2D eigenvalue weighted by atomic mass is 19.4. The highest BCUT2D eigenvalue weighted by molar-refractivity contribution is 5.38. The third kappa shape index (κ3) is 2.16. The lowest BCUT2D eigenvalue weighted by Gasteiger charge is -2.10. The molecular weight excluding hydrogens is 195 g/mol. The molecule has 74 valence electrons. The highest BCUT2D eigenvalue weighted by Gasteiger charge is 2.33. The Labute approximate surface area is 78.2 Å². The second-order valence-corrected chi connectivity index (χ2v) is 2.67. The molecule has 0 heterocycles. The van der Waals surface area contributed by atoms with E-state index in [0.717, 1.165) is 18.2 Å². The number of alkyl halides is 3. The molecule has 2 nitrogen and oxygen atoms in total. The summed E-state index contributed by atoms with van der Waals surface area (Å²) >= 11 is 0. The highest BCUT2D eigenvalue weighted by Crippen LogP contribution is 2.33. The molecule has 0 atom stereocenters. The number of nitriles is 1. The molecular formula is C9H6F3NO. The standard InChI is InChI=1S/C9H6F3NO/c10-9(11,12)8-2-1-7(14)5-6(8)3-4-13/h1-2,5,14H,3H2. The van der Waals surface area contributed by atoms with Crippen LogP contribution in [0.4, 0.5) is 13.2 Å². The number of nitrogens with zero attached hydrogens (tertiary/aromatic N) is 1. The van der Waals surface area contributed by atoms with Gasteiger partial charge in [0.25, 0.3) is 0 Å². The van der Waals surface area contributed by atoms with Crippen molar-refractivity contribution in [2.45, 2.75) is 12.6 Å². The molecule has 5 heteroatoms. The lowest BCUT2D eigenvalue weighted by Crippen LogP contribution is -2.08. The molecule has 0 saturated heterocycles. The topological polar surface area (TPSA) is 44.0 Å². The van der Waals surface area contributed by atoms with Crippen LogP contribution < -0.4 is 0 Å². The van der Waals surface area contributed by atoms with E-state index in [2.05, 4.69) is 0 Å². The van der Waals surface area contributed by atoms with Gasteiger partial charge >= 0.3 is 6.18 Å². The summed E-state index contributed by atoms with van der Waals surface area (Å²) < 4.78 is 36.9. The summed E-state index contributed by atoms with van der Waals surface area (Å²) in [6.07, 6.45) is -4.86. The van der Waals surface area contributed by atoms with Gasteiger partial charge in [-0.25, -0.2) is 0 Å². The molecule has 0 aliphatic rings. The van der Waals surface area contributed by atoms with E-state index in [-0.39, 0.29) is 17.7 Å². The first kappa shape index (κ1) is 10.4. The maximum absolute atomic E-state index is 12.3. The Kier molecular flexibility index (Phi) is 2.65. The van der Waals surface area contributed by atoms with E-state index in [1.54, 1.807) is 6.07 Å². The van der Waals surface area contributed by atoms with E-state index in [1.165, 1.54) is 0 Å². The van der Waals surface area contributed by atoms with Crippen LogP contribution >= 0.6 is 0 Å².